The summed E-state index contributed by atoms with van der Waals surface area (Å²) in [6.07, 6.45) is 21.0. The van der Waals surface area contributed by atoms with Crippen molar-refractivity contribution in [2.45, 2.75) is 121 Å². The van der Waals surface area contributed by atoms with Gasteiger partial charge in [-0.1, -0.05) is 103 Å². The molecule has 0 aliphatic rings. The van der Waals surface area contributed by atoms with Crippen molar-refractivity contribution in [1.29, 1.82) is 0 Å². The van der Waals surface area contributed by atoms with Gasteiger partial charge in [-0.2, -0.15) is 0 Å². The Kier molecular flexibility index (Phi) is 16.3. The lowest BCUT2D eigenvalue weighted by Crippen LogP contribution is -2.09. The number of benzene rings is 1. The number of halogens is 1. The van der Waals surface area contributed by atoms with Crippen molar-refractivity contribution < 1.29 is 17.9 Å². The van der Waals surface area contributed by atoms with E-state index in [0.717, 1.165) is 12.8 Å². The number of amides is 1. The Morgan fingerprint density at radius 2 is 1.27 bits per heavy atom. The third kappa shape index (κ3) is 15.3. The monoisotopic (exact) mass is 501 g/mol. The number of anilines is 1. The maximum absolute atomic E-state index is 11.5. The first-order valence-electron chi connectivity index (χ1n) is 12.8. The summed E-state index contributed by atoms with van der Waals surface area (Å²) in [6, 6.07) is 4.25. The molecular formula is C26H44ClNO4S. The zero-order chi connectivity index (χ0) is 24.4. The third-order valence-corrected chi connectivity index (χ3v) is 7.15. The van der Waals surface area contributed by atoms with Crippen molar-refractivity contribution >= 4 is 31.3 Å². The quantitative estimate of drug-likeness (QED) is 0.144. The lowest BCUT2D eigenvalue weighted by molar-refractivity contribution is -0.114. The van der Waals surface area contributed by atoms with E-state index in [9.17, 15) is 13.2 Å². The van der Waals surface area contributed by atoms with Gasteiger partial charge < -0.3 is 10.1 Å². The molecule has 0 aliphatic heterocycles. The van der Waals surface area contributed by atoms with Crippen molar-refractivity contribution in [3.05, 3.63) is 18.2 Å². The molecule has 1 aromatic rings. The molecule has 0 bridgehead atoms. The standard InChI is InChI=1S/C26H44ClNO4S/c1-3-4-5-6-7-8-9-10-11-12-13-14-15-16-17-18-21-32-26-20-19-24(33(27,30)31)22-25(26)28-23(2)29/h19-20,22H,3-18,21H2,1-2H3,(H,28,29). The fourth-order valence-corrected chi connectivity index (χ4v) is 4.68. The molecule has 33 heavy (non-hydrogen) atoms. The fraction of sp³-hybridized carbons (Fsp3) is 0.731. The summed E-state index contributed by atoms with van der Waals surface area (Å²) in [7, 11) is 1.53. The lowest BCUT2D eigenvalue weighted by atomic mass is 10.0. The molecule has 5 nitrogen and oxygen atoms in total. The van der Waals surface area contributed by atoms with Crippen LogP contribution >= 0.6 is 10.7 Å². The number of rotatable bonds is 20. The average Bonchev–Trinajstić information content (AvgIpc) is 2.75. The Balaban J connectivity index is 2.07. The molecule has 0 spiro atoms. The van der Waals surface area contributed by atoms with Crippen LogP contribution in [-0.2, 0) is 13.8 Å². The summed E-state index contributed by atoms with van der Waals surface area (Å²) < 4.78 is 28.8. The van der Waals surface area contributed by atoms with Crippen molar-refractivity contribution in [2.75, 3.05) is 11.9 Å². The Hall–Kier alpha value is -1.27. The van der Waals surface area contributed by atoms with E-state index in [1.165, 1.54) is 115 Å². The third-order valence-electron chi connectivity index (χ3n) is 5.80. The van der Waals surface area contributed by atoms with E-state index < -0.39 is 9.05 Å². The number of ether oxygens (including phenoxy) is 1. The maximum atomic E-state index is 11.5. The smallest absolute Gasteiger partial charge is 0.261 e. The van der Waals surface area contributed by atoms with Gasteiger partial charge in [0.1, 0.15) is 5.75 Å². The number of unbranched alkanes of at least 4 members (excludes halogenated alkanes) is 15. The van der Waals surface area contributed by atoms with Crippen LogP contribution in [0.15, 0.2) is 23.1 Å². The molecule has 0 radical (unpaired) electrons. The first-order chi connectivity index (χ1) is 15.8. The number of carbonyl (C=O) groups excluding carboxylic acids is 1. The number of nitrogens with one attached hydrogen (secondary N) is 1. The molecule has 1 rings (SSSR count). The molecule has 0 saturated carbocycles. The van der Waals surface area contributed by atoms with Crippen LogP contribution in [0.5, 0.6) is 5.75 Å². The molecule has 0 unspecified atom stereocenters. The molecule has 0 aromatic heterocycles. The Morgan fingerprint density at radius 3 is 1.70 bits per heavy atom. The van der Waals surface area contributed by atoms with Crippen LogP contribution in [0.3, 0.4) is 0 Å². The van der Waals surface area contributed by atoms with E-state index in [-0.39, 0.29) is 10.8 Å². The van der Waals surface area contributed by atoms with Crippen molar-refractivity contribution in [3.63, 3.8) is 0 Å². The molecule has 190 valence electrons. The van der Waals surface area contributed by atoms with Crippen LogP contribution in [0.2, 0.25) is 0 Å². The van der Waals surface area contributed by atoms with Crippen LogP contribution in [0.25, 0.3) is 0 Å². The van der Waals surface area contributed by atoms with Gasteiger partial charge in [0.05, 0.1) is 17.2 Å². The summed E-state index contributed by atoms with van der Waals surface area (Å²) in [5, 5.41) is 2.61. The predicted molar refractivity (Wildman–Crippen MR) is 139 cm³/mol. The molecule has 0 saturated heterocycles. The highest BCUT2D eigenvalue weighted by atomic mass is 35.7. The lowest BCUT2D eigenvalue weighted by Gasteiger charge is -2.13. The number of hydrogen-bond donors (Lipinski definition) is 1. The molecule has 0 fully saturated rings. The summed E-state index contributed by atoms with van der Waals surface area (Å²) in [5.74, 6) is 0.154. The van der Waals surface area contributed by atoms with E-state index in [1.807, 2.05) is 0 Å². The minimum absolute atomic E-state index is 0.0670. The van der Waals surface area contributed by atoms with Gasteiger partial charge in [-0.25, -0.2) is 8.42 Å². The Labute approximate surface area is 206 Å². The van der Waals surface area contributed by atoms with Crippen LogP contribution in [0.4, 0.5) is 5.69 Å². The minimum Gasteiger partial charge on any atom is -0.491 e. The summed E-state index contributed by atoms with van der Waals surface area (Å²) in [5.41, 5.74) is 0.320. The topological polar surface area (TPSA) is 72.5 Å². The van der Waals surface area contributed by atoms with Crippen LogP contribution in [0, 0.1) is 0 Å². The summed E-state index contributed by atoms with van der Waals surface area (Å²) >= 11 is 0. The fourth-order valence-electron chi connectivity index (χ4n) is 3.91. The Morgan fingerprint density at radius 1 is 0.818 bits per heavy atom. The molecule has 1 N–H and O–H groups in total. The maximum Gasteiger partial charge on any atom is 0.261 e. The summed E-state index contributed by atoms with van der Waals surface area (Å²) in [4.78, 5) is 11.3. The van der Waals surface area contributed by atoms with Crippen molar-refractivity contribution in [3.8, 4) is 5.75 Å². The second-order valence-electron chi connectivity index (χ2n) is 8.93. The highest BCUT2D eigenvalue weighted by Gasteiger charge is 2.14. The van der Waals surface area contributed by atoms with Gasteiger partial charge in [0.15, 0.2) is 0 Å². The molecule has 1 aromatic carbocycles. The number of hydrogen-bond acceptors (Lipinski definition) is 4. The highest BCUT2D eigenvalue weighted by molar-refractivity contribution is 8.13. The number of carbonyl (C=O) groups is 1. The molecular weight excluding hydrogens is 458 g/mol. The second kappa shape index (κ2) is 18.1. The van der Waals surface area contributed by atoms with Gasteiger partial charge in [0, 0.05) is 17.6 Å². The highest BCUT2D eigenvalue weighted by Crippen LogP contribution is 2.29. The molecule has 0 atom stereocenters. The minimum atomic E-state index is -3.87. The molecule has 7 heteroatoms. The second-order valence-corrected chi connectivity index (χ2v) is 11.5. The first kappa shape index (κ1) is 29.8. The van der Waals surface area contributed by atoms with Gasteiger partial charge in [0.25, 0.3) is 9.05 Å². The zero-order valence-corrected chi connectivity index (χ0v) is 22.2. The van der Waals surface area contributed by atoms with E-state index in [1.54, 1.807) is 0 Å². The van der Waals surface area contributed by atoms with Gasteiger partial charge in [-0.15, -0.1) is 0 Å². The van der Waals surface area contributed by atoms with Crippen molar-refractivity contribution in [1.82, 2.24) is 0 Å². The van der Waals surface area contributed by atoms with Gasteiger partial charge in [-0.05, 0) is 24.6 Å². The van der Waals surface area contributed by atoms with Gasteiger partial charge in [-0.3, -0.25) is 4.79 Å². The van der Waals surface area contributed by atoms with E-state index in [4.69, 9.17) is 15.4 Å². The van der Waals surface area contributed by atoms with Crippen LogP contribution in [-0.4, -0.2) is 20.9 Å². The van der Waals surface area contributed by atoms with E-state index in [0.29, 0.717) is 18.0 Å². The van der Waals surface area contributed by atoms with E-state index >= 15 is 0 Å². The Bertz CT molecular complexity index is 768. The van der Waals surface area contributed by atoms with Gasteiger partial charge >= 0.3 is 0 Å². The molecule has 1 amide bonds. The SMILES string of the molecule is CCCCCCCCCCCCCCCCCCOc1ccc(S(=O)(=O)Cl)cc1NC(C)=O. The van der Waals surface area contributed by atoms with Crippen molar-refractivity contribution in [2.24, 2.45) is 0 Å². The van der Waals surface area contributed by atoms with E-state index in [2.05, 4.69) is 12.2 Å². The zero-order valence-electron chi connectivity index (χ0n) is 20.7. The first-order valence-corrected chi connectivity index (χ1v) is 15.1. The predicted octanol–water partition coefficient (Wildman–Crippen LogP) is 8.21. The largest absolute Gasteiger partial charge is 0.491 e. The van der Waals surface area contributed by atoms with Crippen LogP contribution < -0.4 is 10.1 Å². The summed E-state index contributed by atoms with van der Waals surface area (Å²) in [6.45, 7) is 4.16. The van der Waals surface area contributed by atoms with Crippen LogP contribution in [0.1, 0.15) is 117 Å². The molecule has 0 aliphatic carbocycles. The molecule has 0 heterocycles. The van der Waals surface area contributed by atoms with Gasteiger partial charge in [0.2, 0.25) is 5.91 Å². The normalized spacial score (nSPS) is 11.5. The average molecular weight is 502 g/mol.